The second-order valence-corrected chi connectivity index (χ2v) is 11.1. The molecule has 0 unspecified atom stereocenters. The highest BCUT2D eigenvalue weighted by Gasteiger charge is 2.16. The number of nitrogens with zero attached hydrogens (tertiary/aromatic N) is 7. The molecule has 0 atom stereocenters. The number of anilines is 1. The molecule has 0 saturated carbocycles. The second kappa shape index (κ2) is 12.4. The van der Waals surface area contributed by atoms with Crippen molar-refractivity contribution in [3.8, 4) is 22.7 Å². The van der Waals surface area contributed by atoms with Crippen LogP contribution in [0.15, 0.2) is 94.3 Å². The van der Waals surface area contributed by atoms with Crippen LogP contribution >= 0.6 is 23.1 Å². The molecule has 0 aliphatic rings. The summed E-state index contributed by atoms with van der Waals surface area (Å²) in [7, 11) is 1.60. The summed E-state index contributed by atoms with van der Waals surface area (Å²) >= 11 is 2.57. The highest BCUT2D eigenvalue weighted by atomic mass is 32.2. The zero-order valence-corrected chi connectivity index (χ0v) is 24.6. The molecule has 0 aliphatic carbocycles. The summed E-state index contributed by atoms with van der Waals surface area (Å²) in [5.41, 5.74) is 2.79. The highest BCUT2D eigenvalue weighted by molar-refractivity contribution is 7.98. The minimum atomic E-state index is -0.499. The molecular formula is C29H22N8O5S2. The summed E-state index contributed by atoms with van der Waals surface area (Å²) in [6.45, 7) is -0.0726. The molecule has 13 nitrogen and oxygen atoms in total. The Labute approximate surface area is 257 Å². The number of aromatic nitrogens is 6. The van der Waals surface area contributed by atoms with Gasteiger partial charge in [0.15, 0.2) is 10.3 Å². The Morgan fingerprint density at radius 2 is 1.84 bits per heavy atom. The van der Waals surface area contributed by atoms with Gasteiger partial charge in [0.2, 0.25) is 5.91 Å². The smallest absolute Gasteiger partial charge is 0.269 e. The third-order valence-corrected chi connectivity index (χ3v) is 8.17. The van der Waals surface area contributed by atoms with Gasteiger partial charge < -0.3 is 10.1 Å². The number of non-ortho nitro benzene ring substituents is 1. The van der Waals surface area contributed by atoms with E-state index in [1.807, 2.05) is 29.6 Å². The topological polar surface area (TPSA) is 160 Å². The summed E-state index contributed by atoms with van der Waals surface area (Å²) in [4.78, 5) is 45.9. The van der Waals surface area contributed by atoms with E-state index in [0.29, 0.717) is 38.3 Å². The second-order valence-electron chi connectivity index (χ2n) is 9.34. The lowest BCUT2D eigenvalue weighted by Gasteiger charge is -2.12. The number of amides is 1. The molecule has 220 valence electrons. The summed E-state index contributed by atoms with van der Waals surface area (Å²) in [6.07, 6.45) is 1.65. The number of benzene rings is 3. The molecule has 0 aliphatic heterocycles. The Hall–Kier alpha value is -5.41. The highest BCUT2D eigenvalue weighted by Crippen LogP contribution is 2.27. The number of nitrogens with one attached hydrogen (secondary N) is 1. The van der Waals surface area contributed by atoms with Crippen LogP contribution in [-0.2, 0) is 17.1 Å². The first kappa shape index (κ1) is 28.7. The van der Waals surface area contributed by atoms with Crippen LogP contribution in [-0.4, -0.2) is 47.5 Å². The van der Waals surface area contributed by atoms with Crippen LogP contribution in [0.3, 0.4) is 0 Å². The average Bonchev–Trinajstić information content (AvgIpc) is 3.69. The third-order valence-electron chi connectivity index (χ3n) is 6.44. The Bertz CT molecular complexity index is 2040. The molecule has 6 aromatic rings. The number of carbonyl (C=O) groups is 1. The normalized spacial score (nSPS) is 11.0. The van der Waals surface area contributed by atoms with Crippen LogP contribution in [0.2, 0.25) is 0 Å². The van der Waals surface area contributed by atoms with Gasteiger partial charge in [-0.1, -0.05) is 29.1 Å². The fourth-order valence-corrected chi connectivity index (χ4v) is 5.94. The van der Waals surface area contributed by atoms with Gasteiger partial charge >= 0.3 is 0 Å². The van der Waals surface area contributed by atoms with Gasteiger partial charge in [-0.3, -0.25) is 24.3 Å². The van der Waals surface area contributed by atoms with Crippen molar-refractivity contribution in [1.29, 1.82) is 0 Å². The van der Waals surface area contributed by atoms with Crippen molar-refractivity contribution in [1.82, 2.24) is 29.5 Å². The SMILES string of the molecule is COc1ccc(-c2csc(NC(=O)Cn3cc(CSc4nc5ccccc5c(=O)n4-c4ccc([N+](=O)[O-])cc4)nn3)n2)cc1. The lowest BCUT2D eigenvalue weighted by atomic mass is 10.2. The molecule has 44 heavy (non-hydrogen) atoms. The van der Waals surface area contributed by atoms with Crippen molar-refractivity contribution in [2.45, 2.75) is 17.5 Å². The largest absolute Gasteiger partial charge is 0.497 e. The molecular weight excluding hydrogens is 605 g/mol. The van der Waals surface area contributed by atoms with Crippen LogP contribution in [0.1, 0.15) is 5.69 Å². The van der Waals surface area contributed by atoms with Crippen molar-refractivity contribution in [3.05, 3.63) is 111 Å². The van der Waals surface area contributed by atoms with E-state index in [0.717, 1.165) is 17.0 Å². The van der Waals surface area contributed by atoms with E-state index in [1.54, 1.807) is 37.6 Å². The predicted molar refractivity (Wildman–Crippen MR) is 166 cm³/mol. The van der Waals surface area contributed by atoms with Gasteiger partial charge in [0.25, 0.3) is 11.2 Å². The number of nitro benzene ring substituents is 1. The minimum absolute atomic E-state index is 0.0726. The molecule has 0 fully saturated rings. The predicted octanol–water partition coefficient (Wildman–Crippen LogP) is 4.95. The maximum Gasteiger partial charge on any atom is 0.269 e. The van der Waals surface area contributed by atoms with E-state index >= 15 is 0 Å². The van der Waals surface area contributed by atoms with Crippen molar-refractivity contribution in [2.75, 3.05) is 12.4 Å². The molecule has 0 radical (unpaired) electrons. The van der Waals surface area contributed by atoms with Crippen LogP contribution in [0.25, 0.3) is 27.8 Å². The molecule has 3 heterocycles. The van der Waals surface area contributed by atoms with E-state index < -0.39 is 4.92 Å². The first-order valence-corrected chi connectivity index (χ1v) is 14.9. The molecule has 0 saturated heterocycles. The fourth-order valence-electron chi connectivity index (χ4n) is 4.31. The first-order chi connectivity index (χ1) is 21.4. The van der Waals surface area contributed by atoms with Gasteiger partial charge in [-0.25, -0.2) is 14.6 Å². The van der Waals surface area contributed by atoms with E-state index in [4.69, 9.17) is 4.74 Å². The summed E-state index contributed by atoms with van der Waals surface area (Å²) in [5.74, 6) is 0.736. The van der Waals surface area contributed by atoms with Gasteiger partial charge in [0, 0.05) is 35.0 Å². The van der Waals surface area contributed by atoms with Crippen LogP contribution in [0.5, 0.6) is 5.75 Å². The Morgan fingerprint density at radius 1 is 1.07 bits per heavy atom. The van der Waals surface area contributed by atoms with Gasteiger partial charge in [-0.15, -0.1) is 16.4 Å². The zero-order valence-electron chi connectivity index (χ0n) is 23.0. The van der Waals surface area contributed by atoms with Crippen molar-refractivity contribution in [3.63, 3.8) is 0 Å². The molecule has 15 heteroatoms. The number of hydrogen-bond donors (Lipinski definition) is 1. The average molecular weight is 627 g/mol. The number of thiazole rings is 1. The number of fused-ring (bicyclic) bond motifs is 1. The van der Waals surface area contributed by atoms with Crippen molar-refractivity contribution >= 4 is 50.7 Å². The van der Waals surface area contributed by atoms with Crippen LogP contribution < -0.4 is 15.6 Å². The summed E-state index contributed by atoms with van der Waals surface area (Å²) < 4.78 is 8.02. The number of methoxy groups -OCH3 is 1. The van der Waals surface area contributed by atoms with E-state index in [-0.39, 0.29) is 23.7 Å². The van der Waals surface area contributed by atoms with Gasteiger partial charge in [-0.05, 0) is 48.5 Å². The van der Waals surface area contributed by atoms with E-state index in [2.05, 4.69) is 25.6 Å². The number of nitro groups is 1. The first-order valence-electron chi connectivity index (χ1n) is 13.1. The fraction of sp³-hybridized carbons (Fsp3) is 0.103. The lowest BCUT2D eigenvalue weighted by molar-refractivity contribution is -0.384. The molecule has 0 bridgehead atoms. The van der Waals surface area contributed by atoms with E-state index in [1.165, 1.54) is 56.6 Å². The number of ether oxygens (including phenoxy) is 1. The molecule has 1 amide bonds. The van der Waals surface area contributed by atoms with Gasteiger partial charge in [-0.2, -0.15) is 0 Å². The monoisotopic (exact) mass is 626 g/mol. The molecule has 3 aromatic carbocycles. The van der Waals surface area contributed by atoms with Crippen molar-refractivity contribution < 1.29 is 14.5 Å². The Balaban J connectivity index is 1.14. The molecule has 6 rings (SSSR count). The van der Waals surface area contributed by atoms with Gasteiger partial charge in [0.05, 0.1) is 40.0 Å². The zero-order chi connectivity index (χ0) is 30.6. The van der Waals surface area contributed by atoms with Crippen LogP contribution in [0, 0.1) is 10.1 Å². The van der Waals surface area contributed by atoms with Gasteiger partial charge in [0.1, 0.15) is 12.3 Å². The standard InChI is InChI=1S/C29H22N8O5S2/c1-42-22-12-6-18(7-13-22)25-17-43-28(30-25)32-26(38)15-35-14-19(33-34-35)16-44-29-31-24-5-3-2-4-23(24)27(39)36(29)20-8-10-21(11-9-20)37(40)41/h2-14,17H,15-16H2,1H3,(H,30,32,38). The Morgan fingerprint density at radius 3 is 2.59 bits per heavy atom. The quantitative estimate of drug-likeness (QED) is 0.0954. The number of hydrogen-bond acceptors (Lipinski definition) is 11. The number of carbonyl (C=O) groups excluding carboxylic acids is 1. The van der Waals surface area contributed by atoms with Crippen molar-refractivity contribution in [2.24, 2.45) is 0 Å². The Kier molecular flexibility index (Phi) is 8.12. The number of rotatable bonds is 10. The maximum atomic E-state index is 13.5. The molecule has 3 aromatic heterocycles. The lowest BCUT2D eigenvalue weighted by Crippen LogP contribution is -2.21. The summed E-state index contributed by atoms with van der Waals surface area (Å²) in [6, 6.07) is 20.2. The summed E-state index contributed by atoms with van der Waals surface area (Å²) in [5, 5.41) is 25.3. The molecule has 0 spiro atoms. The van der Waals surface area contributed by atoms with Crippen LogP contribution in [0.4, 0.5) is 10.8 Å². The maximum absolute atomic E-state index is 13.5. The number of para-hydroxylation sites is 1. The minimum Gasteiger partial charge on any atom is -0.497 e. The third kappa shape index (κ3) is 6.18. The van der Waals surface area contributed by atoms with E-state index in [9.17, 15) is 19.7 Å². The molecule has 1 N–H and O–H groups in total. The number of thioether (sulfide) groups is 1.